The first-order valence-electron chi connectivity index (χ1n) is 7.50. The van der Waals surface area contributed by atoms with Gasteiger partial charge < -0.3 is 4.57 Å². The van der Waals surface area contributed by atoms with Gasteiger partial charge in [-0.2, -0.15) is 5.10 Å². The number of nitrogens with one attached hydrogen (secondary N) is 1. The molecule has 0 saturated heterocycles. The second-order valence-corrected chi connectivity index (χ2v) is 7.25. The average molecular weight is 345 g/mol. The van der Waals surface area contributed by atoms with E-state index < -0.39 is 16.1 Å². The number of aromatic nitrogens is 4. The fourth-order valence-corrected chi connectivity index (χ4v) is 3.75. The monoisotopic (exact) mass is 345 g/mol. The number of benzene rings is 1. The summed E-state index contributed by atoms with van der Waals surface area (Å²) in [5.74, 6) is 0.639. The lowest BCUT2D eigenvalue weighted by molar-refractivity contribution is 0.562. The maximum Gasteiger partial charge on any atom is 0.260 e. The van der Waals surface area contributed by atoms with E-state index in [1.807, 2.05) is 36.5 Å². The van der Waals surface area contributed by atoms with Gasteiger partial charge in [0, 0.05) is 31.7 Å². The smallest absolute Gasteiger partial charge is 0.260 e. The van der Waals surface area contributed by atoms with Crippen LogP contribution in [0.3, 0.4) is 0 Å². The van der Waals surface area contributed by atoms with Crippen molar-refractivity contribution in [1.82, 2.24) is 24.1 Å². The van der Waals surface area contributed by atoms with Crippen LogP contribution >= 0.6 is 0 Å². The third kappa shape index (κ3) is 3.10. The summed E-state index contributed by atoms with van der Waals surface area (Å²) in [7, 11) is -1.94. The molecule has 0 aliphatic rings. The van der Waals surface area contributed by atoms with Crippen LogP contribution in [0.1, 0.15) is 24.4 Å². The number of hydrogen-bond acceptors (Lipinski definition) is 4. The normalized spacial score (nSPS) is 13.1. The van der Waals surface area contributed by atoms with Crippen LogP contribution in [-0.4, -0.2) is 27.7 Å². The fourth-order valence-electron chi connectivity index (χ4n) is 2.49. The van der Waals surface area contributed by atoms with E-state index in [-0.39, 0.29) is 5.03 Å². The molecule has 1 atom stereocenters. The van der Waals surface area contributed by atoms with Gasteiger partial charge in [0.25, 0.3) is 10.0 Å². The summed E-state index contributed by atoms with van der Waals surface area (Å²) in [6.07, 6.45) is 5.01. The van der Waals surface area contributed by atoms with Crippen LogP contribution in [0.2, 0.25) is 0 Å². The molecule has 1 unspecified atom stereocenters. The lowest BCUT2D eigenvalue weighted by atomic mass is 10.1. The molecular weight excluding hydrogens is 326 g/mol. The summed E-state index contributed by atoms with van der Waals surface area (Å²) < 4.78 is 31.2. The molecule has 0 amide bonds. The Labute approximate surface area is 141 Å². The molecule has 2 heterocycles. The Balaban J connectivity index is 1.92. The highest BCUT2D eigenvalue weighted by atomic mass is 32.2. The predicted molar refractivity (Wildman–Crippen MR) is 90.2 cm³/mol. The molecule has 0 saturated carbocycles. The van der Waals surface area contributed by atoms with Crippen LogP contribution in [0.15, 0.2) is 53.9 Å². The lowest BCUT2D eigenvalue weighted by Gasteiger charge is -2.17. The third-order valence-corrected chi connectivity index (χ3v) is 5.26. The Morgan fingerprint density at radius 3 is 2.58 bits per heavy atom. The number of rotatable bonds is 5. The summed E-state index contributed by atoms with van der Waals surface area (Å²) in [4.78, 5) is 4.10. The van der Waals surface area contributed by atoms with E-state index in [9.17, 15) is 8.42 Å². The zero-order chi connectivity index (χ0) is 17.3. The quantitative estimate of drug-likeness (QED) is 0.766. The van der Waals surface area contributed by atoms with Crippen molar-refractivity contribution in [2.75, 3.05) is 0 Å². The van der Waals surface area contributed by atoms with Crippen molar-refractivity contribution in [2.24, 2.45) is 7.05 Å². The van der Waals surface area contributed by atoms with Crippen LogP contribution in [0.5, 0.6) is 0 Å². The molecular formula is C16H19N5O2S. The van der Waals surface area contributed by atoms with Crippen LogP contribution in [0.25, 0.3) is 5.69 Å². The van der Waals surface area contributed by atoms with Gasteiger partial charge in [-0.05, 0) is 31.5 Å². The highest BCUT2D eigenvalue weighted by Gasteiger charge is 2.23. The van der Waals surface area contributed by atoms with Gasteiger partial charge in [-0.1, -0.05) is 18.2 Å². The zero-order valence-electron chi connectivity index (χ0n) is 13.7. The molecule has 0 spiro atoms. The SMILES string of the molecule is Cc1nc(S(=O)(=O)NC(C)c2ccccc2-n2cccn2)cn1C. The van der Waals surface area contributed by atoms with Crippen molar-refractivity contribution in [1.29, 1.82) is 0 Å². The van der Waals surface area contributed by atoms with E-state index in [0.717, 1.165) is 11.3 Å². The highest BCUT2D eigenvalue weighted by molar-refractivity contribution is 7.89. The van der Waals surface area contributed by atoms with Crippen LogP contribution < -0.4 is 4.72 Å². The average Bonchev–Trinajstić information content (AvgIpc) is 3.18. The molecule has 8 heteroatoms. The first-order valence-corrected chi connectivity index (χ1v) is 8.98. The minimum Gasteiger partial charge on any atom is -0.337 e. The molecule has 1 N–H and O–H groups in total. The van der Waals surface area contributed by atoms with E-state index in [4.69, 9.17) is 0 Å². The van der Waals surface area contributed by atoms with Gasteiger partial charge in [0.15, 0.2) is 5.03 Å². The van der Waals surface area contributed by atoms with Crippen LogP contribution in [0, 0.1) is 6.92 Å². The third-order valence-electron chi connectivity index (χ3n) is 3.85. The Morgan fingerprint density at radius 1 is 1.21 bits per heavy atom. The van der Waals surface area contributed by atoms with Crippen molar-refractivity contribution in [3.8, 4) is 5.69 Å². The van der Waals surface area contributed by atoms with E-state index in [2.05, 4.69) is 14.8 Å². The van der Waals surface area contributed by atoms with Gasteiger partial charge in [0.05, 0.1) is 5.69 Å². The van der Waals surface area contributed by atoms with Gasteiger partial charge in [-0.15, -0.1) is 0 Å². The summed E-state index contributed by atoms with van der Waals surface area (Å²) in [5.41, 5.74) is 1.66. The first kappa shape index (κ1) is 16.4. The fraction of sp³-hybridized carbons (Fsp3) is 0.250. The summed E-state index contributed by atoms with van der Waals surface area (Å²) >= 11 is 0. The minimum absolute atomic E-state index is 0.0194. The van der Waals surface area contributed by atoms with Crippen molar-refractivity contribution < 1.29 is 8.42 Å². The van der Waals surface area contributed by atoms with E-state index >= 15 is 0 Å². The van der Waals surface area contributed by atoms with Gasteiger partial charge in [0.1, 0.15) is 5.82 Å². The number of sulfonamides is 1. The van der Waals surface area contributed by atoms with Crippen molar-refractivity contribution in [3.63, 3.8) is 0 Å². The van der Waals surface area contributed by atoms with Crippen molar-refractivity contribution in [2.45, 2.75) is 24.9 Å². The van der Waals surface area contributed by atoms with Crippen LogP contribution in [0.4, 0.5) is 0 Å². The lowest BCUT2D eigenvalue weighted by Crippen LogP contribution is -2.28. The van der Waals surface area contributed by atoms with Gasteiger partial charge in [-0.25, -0.2) is 22.8 Å². The largest absolute Gasteiger partial charge is 0.337 e. The predicted octanol–water partition coefficient (Wildman–Crippen LogP) is 1.95. The molecule has 0 radical (unpaired) electrons. The molecule has 24 heavy (non-hydrogen) atoms. The van der Waals surface area contributed by atoms with Crippen molar-refractivity contribution in [3.05, 3.63) is 60.3 Å². The van der Waals surface area contributed by atoms with E-state index in [1.165, 1.54) is 6.20 Å². The summed E-state index contributed by atoms with van der Waals surface area (Å²) in [6.45, 7) is 3.56. The summed E-state index contributed by atoms with van der Waals surface area (Å²) in [6, 6.07) is 8.94. The van der Waals surface area contributed by atoms with Gasteiger partial charge in [0.2, 0.25) is 0 Å². The molecule has 3 aromatic rings. The minimum atomic E-state index is -3.71. The maximum absolute atomic E-state index is 12.6. The molecule has 126 valence electrons. The topological polar surface area (TPSA) is 81.8 Å². The highest BCUT2D eigenvalue weighted by Crippen LogP contribution is 2.22. The van der Waals surface area contributed by atoms with Gasteiger partial charge in [-0.3, -0.25) is 0 Å². The molecule has 0 bridgehead atoms. The second kappa shape index (κ2) is 6.21. The first-order chi connectivity index (χ1) is 11.4. The Hall–Kier alpha value is -2.45. The van der Waals surface area contributed by atoms with Gasteiger partial charge >= 0.3 is 0 Å². The second-order valence-electron chi connectivity index (χ2n) is 5.59. The summed E-state index contributed by atoms with van der Waals surface area (Å²) in [5, 5.41) is 4.24. The molecule has 2 aromatic heterocycles. The number of aryl methyl sites for hydroxylation is 2. The number of para-hydroxylation sites is 1. The Morgan fingerprint density at radius 2 is 1.96 bits per heavy atom. The Kier molecular flexibility index (Phi) is 4.25. The maximum atomic E-state index is 12.6. The van der Waals surface area contributed by atoms with E-state index in [0.29, 0.717) is 5.82 Å². The standard InChI is InChI=1S/C16H19N5O2S/c1-12(19-24(22,23)16-11-20(3)13(2)18-16)14-7-4-5-8-15(14)21-10-6-9-17-21/h4-12,19H,1-3H3. The van der Waals surface area contributed by atoms with Crippen LogP contribution in [-0.2, 0) is 17.1 Å². The van der Waals surface area contributed by atoms with Crippen molar-refractivity contribution >= 4 is 10.0 Å². The molecule has 0 aliphatic carbocycles. The molecule has 3 rings (SSSR count). The number of imidazole rings is 1. The number of hydrogen-bond donors (Lipinski definition) is 1. The van der Waals surface area contributed by atoms with E-state index in [1.54, 1.807) is 36.3 Å². The molecule has 0 aliphatic heterocycles. The number of nitrogens with zero attached hydrogens (tertiary/aromatic N) is 4. The molecule has 7 nitrogen and oxygen atoms in total. The molecule has 0 fully saturated rings. The Bertz CT molecular complexity index is 925. The molecule has 1 aromatic carbocycles. The zero-order valence-corrected chi connectivity index (χ0v) is 14.5.